The molecule has 1 saturated heterocycles. The molecule has 2 amide bonds. The third-order valence-corrected chi connectivity index (χ3v) is 5.13. The van der Waals surface area contributed by atoms with Crippen LogP contribution in [0.25, 0.3) is 0 Å². The lowest BCUT2D eigenvalue weighted by Gasteiger charge is -2.33. The molecule has 11 heteroatoms. The summed E-state index contributed by atoms with van der Waals surface area (Å²) in [4.78, 5) is 63.2. The third kappa shape index (κ3) is 8.00. The molecule has 1 rings (SSSR count). The van der Waals surface area contributed by atoms with E-state index in [2.05, 4.69) is 0 Å². The van der Waals surface area contributed by atoms with E-state index in [-0.39, 0.29) is 37.9 Å². The van der Waals surface area contributed by atoms with Crippen LogP contribution in [0.2, 0.25) is 0 Å². The molecule has 0 radical (unpaired) electrons. The van der Waals surface area contributed by atoms with Crippen molar-refractivity contribution in [3.05, 3.63) is 12.2 Å². The van der Waals surface area contributed by atoms with Gasteiger partial charge in [0.05, 0.1) is 19.3 Å². The van der Waals surface area contributed by atoms with Crippen molar-refractivity contribution in [1.29, 1.82) is 0 Å². The smallest absolute Gasteiger partial charge is 0.417 e. The average molecular weight is 486 g/mol. The second kappa shape index (κ2) is 13.3. The maximum absolute atomic E-state index is 13.3. The molecule has 0 aromatic rings. The molecule has 11 nitrogen and oxygen atoms in total. The summed E-state index contributed by atoms with van der Waals surface area (Å²) in [5.74, 6) is -3.15. The first-order valence-corrected chi connectivity index (χ1v) is 11.1. The number of hydrogen-bond donors (Lipinski definition) is 1. The first-order valence-electron chi connectivity index (χ1n) is 11.1. The molecule has 1 fully saturated rings. The number of carbonyl (C=O) groups is 5. The number of aliphatic hydroxyl groups is 1. The van der Waals surface area contributed by atoms with E-state index in [0.717, 1.165) is 31.1 Å². The number of rotatable bonds is 14. The number of cyclic esters (lactones) is 1. The first kappa shape index (κ1) is 29.4. The van der Waals surface area contributed by atoms with Crippen LogP contribution in [-0.2, 0) is 38.1 Å². The minimum Gasteiger partial charge on any atom is -0.451 e. The number of allylic oxidation sites excluding steroid dienone is 1. The molecule has 0 bridgehead atoms. The Morgan fingerprint density at radius 2 is 1.79 bits per heavy atom. The van der Waals surface area contributed by atoms with Gasteiger partial charge in [-0.3, -0.25) is 19.2 Å². The molecule has 3 unspecified atom stereocenters. The lowest BCUT2D eigenvalue weighted by molar-refractivity contribution is -0.166. The van der Waals surface area contributed by atoms with Crippen LogP contribution in [0.5, 0.6) is 0 Å². The number of aliphatic hydroxyl groups excluding tert-OH is 1. The molecule has 1 aliphatic heterocycles. The Morgan fingerprint density at radius 3 is 2.32 bits per heavy atom. The molecule has 0 aromatic heterocycles. The van der Waals surface area contributed by atoms with E-state index in [1.165, 1.54) is 0 Å². The fourth-order valence-electron chi connectivity index (χ4n) is 3.89. The zero-order valence-electron chi connectivity index (χ0n) is 20.6. The van der Waals surface area contributed by atoms with Gasteiger partial charge in [-0.25, -0.2) is 9.69 Å². The Labute approximate surface area is 199 Å². The minimum absolute atomic E-state index is 0.0881. The summed E-state index contributed by atoms with van der Waals surface area (Å²) >= 11 is 0. The van der Waals surface area contributed by atoms with Crippen molar-refractivity contribution >= 4 is 29.5 Å². The Hall–Kier alpha value is -2.63. The highest BCUT2D eigenvalue weighted by atomic mass is 16.6. The molecule has 34 heavy (non-hydrogen) atoms. The lowest BCUT2D eigenvalue weighted by atomic mass is 9.88. The molecule has 0 saturated carbocycles. The van der Waals surface area contributed by atoms with Gasteiger partial charge in [-0.15, -0.1) is 0 Å². The second-order valence-electron chi connectivity index (χ2n) is 8.70. The highest BCUT2D eigenvalue weighted by Crippen LogP contribution is 2.35. The predicted molar refractivity (Wildman–Crippen MR) is 119 cm³/mol. The number of esters is 1. The van der Waals surface area contributed by atoms with Gasteiger partial charge in [0.1, 0.15) is 5.60 Å². The van der Waals surface area contributed by atoms with Crippen molar-refractivity contribution in [1.82, 2.24) is 4.90 Å². The fourth-order valence-corrected chi connectivity index (χ4v) is 3.89. The predicted octanol–water partition coefficient (Wildman–Crippen LogP) is 1.20. The van der Waals surface area contributed by atoms with Gasteiger partial charge in [-0.2, -0.15) is 0 Å². The van der Waals surface area contributed by atoms with Gasteiger partial charge in [-0.05, 0) is 38.3 Å². The summed E-state index contributed by atoms with van der Waals surface area (Å²) < 4.78 is 20.7. The number of hydrogen-bond acceptors (Lipinski definition) is 10. The highest BCUT2D eigenvalue weighted by molar-refractivity contribution is 6.05. The number of nitrogens with zero attached hydrogens (tertiary/aromatic N) is 1. The van der Waals surface area contributed by atoms with Gasteiger partial charge in [0.15, 0.2) is 23.8 Å². The van der Waals surface area contributed by atoms with E-state index in [9.17, 15) is 24.0 Å². The lowest BCUT2D eigenvalue weighted by Crippen LogP contribution is -2.55. The third-order valence-electron chi connectivity index (χ3n) is 5.13. The van der Waals surface area contributed by atoms with Crippen LogP contribution in [0.1, 0.15) is 47.5 Å². The molecular weight excluding hydrogens is 450 g/mol. The molecule has 1 aliphatic rings. The summed E-state index contributed by atoms with van der Waals surface area (Å²) in [6.45, 7) is 8.34. The van der Waals surface area contributed by atoms with Gasteiger partial charge in [-0.1, -0.05) is 13.8 Å². The Morgan fingerprint density at radius 1 is 1.15 bits per heavy atom. The van der Waals surface area contributed by atoms with Crippen LogP contribution < -0.4 is 0 Å². The van der Waals surface area contributed by atoms with E-state index < -0.39 is 47.6 Å². The monoisotopic (exact) mass is 485 g/mol. The molecule has 192 valence electrons. The summed E-state index contributed by atoms with van der Waals surface area (Å²) in [7, 11) is 1.14. The highest BCUT2D eigenvalue weighted by Gasteiger charge is 2.54. The second-order valence-corrected chi connectivity index (χ2v) is 8.70. The molecule has 3 atom stereocenters. The molecule has 1 heterocycles. The van der Waals surface area contributed by atoms with Crippen molar-refractivity contribution < 1.29 is 48.0 Å². The van der Waals surface area contributed by atoms with Crippen LogP contribution in [0.3, 0.4) is 0 Å². The summed E-state index contributed by atoms with van der Waals surface area (Å²) in [6, 6.07) is -0.650. The van der Waals surface area contributed by atoms with E-state index in [0.29, 0.717) is 6.42 Å². The van der Waals surface area contributed by atoms with Crippen molar-refractivity contribution in [3.63, 3.8) is 0 Å². The standard InChI is InChI=1S/C23H35NO10/c1-14(2)20-23(4,5)34-22(30)24(20)21(29)19(31-6)18(33-15(3)26)17(28)10-9-16(27)8-7-12-32-13-11-25/h9-10,14,18-20,25H,7-8,11-13H2,1-6H3. The van der Waals surface area contributed by atoms with Crippen LogP contribution >= 0.6 is 0 Å². The average Bonchev–Trinajstić information content (AvgIpc) is 2.99. The maximum Gasteiger partial charge on any atom is 0.417 e. The normalized spacial score (nSPS) is 19.2. The van der Waals surface area contributed by atoms with Gasteiger partial charge in [0.25, 0.3) is 5.91 Å². The largest absolute Gasteiger partial charge is 0.451 e. The topological polar surface area (TPSA) is 146 Å². The van der Waals surface area contributed by atoms with Crippen molar-refractivity contribution in [3.8, 4) is 0 Å². The van der Waals surface area contributed by atoms with Crippen LogP contribution in [-0.4, -0.2) is 90.3 Å². The molecular formula is C23H35NO10. The van der Waals surface area contributed by atoms with Gasteiger partial charge in [0, 0.05) is 27.1 Å². The number of carbonyl (C=O) groups excluding carboxylic acids is 5. The van der Waals surface area contributed by atoms with Gasteiger partial charge < -0.3 is 24.1 Å². The SMILES string of the molecule is COC(C(=O)N1C(=O)OC(C)(C)C1C(C)C)C(OC(C)=O)C(=O)C=CC(=O)CCCOCCO. The summed E-state index contributed by atoms with van der Waals surface area (Å²) in [5, 5.41) is 8.65. The van der Waals surface area contributed by atoms with E-state index in [1.807, 2.05) is 13.8 Å². The summed E-state index contributed by atoms with van der Waals surface area (Å²) in [5.41, 5.74) is -0.979. The van der Waals surface area contributed by atoms with Crippen LogP contribution in [0, 0.1) is 5.92 Å². The van der Waals surface area contributed by atoms with Crippen molar-refractivity contribution in [2.45, 2.75) is 71.3 Å². The number of methoxy groups -OCH3 is 1. The Balaban J connectivity index is 3.04. The van der Waals surface area contributed by atoms with Crippen molar-refractivity contribution in [2.75, 3.05) is 26.9 Å². The van der Waals surface area contributed by atoms with E-state index in [4.69, 9.17) is 24.1 Å². The first-order chi connectivity index (χ1) is 15.9. The number of ether oxygens (including phenoxy) is 4. The molecule has 1 N–H and O–H groups in total. The molecule has 0 spiro atoms. The van der Waals surface area contributed by atoms with Crippen molar-refractivity contribution in [2.24, 2.45) is 5.92 Å². The Kier molecular flexibility index (Phi) is 11.5. The minimum atomic E-state index is -1.71. The zero-order valence-corrected chi connectivity index (χ0v) is 20.6. The molecule has 0 aromatic carbocycles. The Bertz CT molecular complexity index is 789. The number of ketones is 2. The van der Waals surface area contributed by atoms with E-state index in [1.54, 1.807) is 13.8 Å². The molecule has 0 aliphatic carbocycles. The summed E-state index contributed by atoms with van der Waals surface area (Å²) in [6.07, 6.45) is -1.83. The quantitative estimate of drug-likeness (QED) is 0.216. The number of amides is 2. The maximum atomic E-state index is 13.3. The van der Waals surface area contributed by atoms with E-state index >= 15 is 0 Å². The van der Waals surface area contributed by atoms with Gasteiger partial charge in [0.2, 0.25) is 0 Å². The number of imide groups is 1. The fraction of sp³-hybridized carbons (Fsp3) is 0.696. The van der Waals surface area contributed by atoms with Gasteiger partial charge >= 0.3 is 12.1 Å². The zero-order chi connectivity index (χ0) is 26.1. The van der Waals surface area contributed by atoms with Crippen LogP contribution in [0.4, 0.5) is 4.79 Å². The van der Waals surface area contributed by atoms with Crippen LogP contribution in [0.15, 0.2) is 12.2 Å².